The zero-order valence-corrected chi connectivity index (χ0v) is 54.5. The average molecular weight is 1370 g/mol. The van der Waals surface area contributed by atoms with Gasteiger partial charge < -0.3 is 154 Å². The van der Waals surface area contributed by atoms with Crippen LogP contribution in [0.25, 0.3) is 0 Å². The van der Waals surface area contributed by atoms with Crippen molar-refractivity contribution < 1.29 is 159 Å². The molecular weight excluding hydrogens is 1270 g/mol. The van der Waals surface area contributed by atoms with E-state index in [1.807, 2.05) is 20.8 Å². The van der Waals surface area contributed by atoms with Gasteiger partial charge in [0.1, 0.15) is 115 Å². The number of carbonyl (C=O) groups is 1. The molecule has 11 rings (SSSR count). The maximum Gasteiger partial charge on any atom is 0.317 e. The van der Waals surface area contributed by atoms with E-state index in [1.54, 1.807) is 6.92 Å². The molecule has 32 nitrogen and oxygen atoms in total. The van der Waals surface area contributed by atoms with Gasteiger partial charge in [0.05, 0.1) is 69.7 Å². The van der Waals surface area contributed by atoms with Crippen LogP contribution in [0.15, 0.2) is 11.6 Å². The van der Waals surface area contributed by atoms with Gasteiger partial charge in [0.25, 0.3) is 0 Å². The van der Waals surface area contributed by atoms with E-state index in [0.717, 1.165) is 5.57 Å². The van der Waals surface area contributed by atoms with E-state index >= 15 is 4.79 Å². The lowest BCUT2D eigenvalue weighted by Crippen LogP contribution is -2.73. The molecule has 32 heteroatoms. The fourth-order valence-corrected chi connectivity index (χ4v) is 18.9. The van der Waals surface area contributed by atoms with Crippen molar-refractivity contribution in [1.82, 2.24) is 0 Å². The third-order valence-electron chi connectivity index (χ3n) is 24.4. The summed E-state index contributed by atoms with van der Waals surface area (Å²) in [6.07, 6.45) is -47.6. The Kier molecular flexibility index (Phi) is 21.3. The summed E-state index contributed by atoms with van der Waals surface area (Å²) in [5.41, 5.74) is -5.40. The maximum atomic E-state index is 15.6. The summed E-state index contributed by atoms with van der Waals surface area (Å²) < 4.78 is 71.2. The predicted octanol–water partition coefficient (Wildman–Crippen LogP) is -6.53. The zero-order valence-electron chi connectivity index (χ0n) is 54.5. The second kappa shape index (κ2) is 27.3. The fraction of sp³-hybridized carbons (Fsp3) is 0.952. The lowest BCUT2D eigenvalue weighted by Gasteiger charge is -2.73. The van der Waals surface area contributed by atoms with Crippen molar-refractivity contribution in [2.45, 2.75) is 291 Å². The topological polar surface area (TPSA) is 512 Å². The van der Waals surface area contributed by atoms with Crippen molar-refractivity contribution in [3.63, 3.8) is 0 Å². The molecule has 0 aromatic rings. The van der Waals surface area contributed by atoms with Crippen molar-refractivity contribution in [2.75, 3.05) is 33.0 Å². The summed E-state index contributed by atoms with van der Waals surface area (Å²) in [5, 5.41) is 213. The molecule has 39 atom stereocenters. The van der Waals surface area contributed by atoms with Gasteiger partial charge in [-0.3, -0.25) is 4.79 Å². The molecule has 19 N–H and O–H groups in total. The maximum absolute atomic E-state index is 15.6. The van der Waals surface area contributed by atoms with E-state index in [-0.39, 0.29) is 31.6 Å². The van der Waals surface area contributed by atoms with Gasteiger partial charge in [0, 0.05) is 11.3 Å². The molecule has 6 aliphatic heterocycles. The molecule has 0 aromatic carbocycles. The Balaban J connectivity index is 0.805. The van der Waals surface area contributed by atoms with E-state index in [2.05, 4.69) is 19.9 Å². The Morgan fingerprint density at radius 3 is 1.72 bits per heavy atom. The quantitative estimate of drug-likeness (QED) is 0.0437. The smallest absolute Gasteiger partial charge is 0.317 e. The number of rotatable bonds is 14. The molecule has 0 unspecified atom stereocenters. The standard InChI is InChI=1S/C63H102O32/c1-22-34(71)38(75)42(79)53(87-22)92-47-31(90-51-41(78)35(72)28(68)18-84-51)20-86-52(45(47)82)91-46-23(2)88-54(44(81)40(46)77)93-48-36(73)29(69)19-85-56(48)95-57(83)63-12-11-58(3,4)13-25(63)24-9-10-32-59(5)14-27(67)50(94-55-43(80)39(76)37(74)30(17-64)89-55)60(6,21-65)49(59)26(66)15-62(32,8)61(24,7)16-33(63)70/h9,22-23,25-56,64-82H,10-21H2,1-8H3/t22-,23-,25+,26+,27-,28+,29-,30+,31+,32+,33+,34-,35-,36-,37+,38+,39-,40-,41+,42+,43+,44+,45+,46-,47-,48+,49+,50-,51-,52-,53-,54-,55-,56-,59+,60-,61+,62+,63+/m0/s1. The van der Waals surface area contributed by atoms with Crippen LogP contribution in [0.4, 0.5) is 0 Å². The molecule has 6 heterocycles. The highest BCUT2D eigenvalue weighted by Crippen LogP contribution is 2.76. The first-order chi connectivity index (χ1) is 44.4. The Labute approximate surface area is 548 Å². The highest BCUT2D eigenvalue weighted by atomic mass is 16.8. The lowest BCUT2D eigenvalue weighted by atomic mass is 9.32. The molecule has 0 amide bonds. The second-order valence-electron chi connectivity index (χ2n) is 30.8. The predicted molar refractivity (Wildman–Crippen MR) is 313 cm³/mol. The number of esters is 1. The first kappa shape index (κ1) is 74.2. The van der Waals surface area contributed by atoms with Gasteiger partial charge in [-0.05, 0) is 92.3 Å². The van der Waals surface area contributed by atoms with Crippen LogP contribution in [0, 0.1) is 50.2 Å². The van der Waals surface area contributed by atoms with Crippen LogP contribution >= 0.6 is 0 Å². The van der Waals surface area contributed by atoms with Crippen molar-refractivity contribution >= 4 is 5.97 Å². The van der Waals surface area contributed by atoms with Crippen molar-refractivity contribution in [3.05, 3.63) is 11.6 Å². The highest BCUT2D eigenvalue weighted by molar-refractivity contribution is 5.80. The van der Waals surface area contributed by atoms with Crippen LogP contribution in [0.5, 0.6) is 0 Å². The number of allylic oxidation sites excluding steroid dienone is 2. The minimum Gasteiger partial charge on any atom is -0.432 e. The molecule has 0 bridgehead atoms. The summed E-state index contributed by atoms with van der Waals surface area (Å²) >= 11 is 0. The van der Waals surface area contributed by atoms with E-state index in [9.17, 15) is 97.0 Å². The minimum atomic E-state index is -2.07. The number of hydrogen-bond acceptors (Lipinski definition) is 32. The number of aliphatic hydroxyl groups is 19. The molecule has 6 saturated heterocycles. The first-order valence-corrected chi connectivity index (χ1v) is 33.2. The molecular formula is C63H102O32. The average Bonchev–Trinajstić information content (AvgIpc) is 0.666. The Morgan fingerprint density at radius 2 is 1.06 bits per heavy atom. The van der Waals surface area contributed by atoms with Crippen LogP contribution in [0.2, 0.25) is 0 Å². The second-order valence-corrected chi connectivity index (χ2v) is 30.8. The molecule has 0 spiro atoms. The number of fused-ring (bicyclic) bond motifs is 7. The number of hydrogen-bond donors (Lipinski definition) is 19. The number of aliphatic hydroxyl groups excluding tert-OH is 19. The largest absolute Gasteiger partial charge is 0.432 e. The molecule has 0 aromatic heterocycles. The molecule has 0 radical (unpaired) electrons. The minimum absolute atomic E-state index is 0.0182. The lowest BCUT2D eigenvalue weighted by molar-refractivity contribution is -0.386. The normalized spacial score (nSPS) is 56.4. The summed E-state index contributed by atoms with van der Waals surface area (Å²) in [6.45, 7) is 11.6. The van der Waals surface area contributed by atoms with E-state index in [1.165, 1.54) is 13.8 Å². The molecule has 4 saturated carbocycles. The van der Waals surface area contributed by atoms with E-state index in [0.29, 0.717) is 19.3 Å². The van der Waals surface area contributed by atoms with Gasteiger partial charge in [0.15, 0.2) is 37.6 Å². The van der Waals surface area contributed by atoms with Gasteiger partial charge in [-0.1, -0.05) is 53.2 Å². The molecule has 546 valence electrons. The summed E-state index contributed by atoms with van der Waals surface area (Å²) in [7, 11) is 0. The zero-order chi connectivity index (χ0) is 69.5. The van der Waals surface area contributed by atoms with Crippen molar-refractivity contribution in [1.29, 1.82) is 0 Å². The molecule has 11 aliphatic rings. The van der Waals surface area contributed by atoms with Crippen molar-refractivity contribution in [2.24, 2.45) is 50.2 Å². The van der Waals surface area contributed by atoms with Crippen LogP contribution < -0.4 is 0 Å². The Hall–Kier alpha value is -1.99. The Bertz CT molecular complexity index is 2700. The van der Waals surface area contributed by atoms with Crippen LogP contribution in [0.1, 0.15) is 100 Å². The fourth-order valence-electron chi connectivity index (χ4n) is 18.9. The number of carbonyl (C=O) groups excluding carboxylic acids is 1. The summed E-state index contributed by atoms with van der Waals surface area (Å²) in [4.78, 5) is 15.6. The number of ether oxygens (including phenoxy) is 12. The first-order valence-electron chi connectivity index (χ1n) is 33.2. The highest BCUT2D eigenvalue weighted by Gasteiger charge is 2.75. The van der Waals surface area contributed by atoms with Crippen LogP contribution in [-0.4, -0.2) is 326 Å². The molecule has 5 aliphatic carbocycles. The van der Waals surface area contributed by atoms with E-state index < -0.39 is 274 Å². The van der Waals surface area contributed by atoms with Gasteiger partial charge in [0.2, 0.25) is 6.29 Å². The van der Waals surface area contributed by atoms with E-state index in [4.69, 9.17) is 56.8 Å². The van der Waals surface area contributed by atoms with Gasteiger partial charge in [-0.2, -0.15) is 0 Å². The monoisotopic (exact) mass is 1370 g/mol. The summed E-state index contributed by atoms with van der Waals surface area (Å²) in [5.74, 6) is -2.73. The summed E-state index contributed by atoms with van der Waals surface area (Å²) in [6, 6.07) is 0. The van der Waals surface area contributed by atoms with Gasteiger partial charge >= 0.3 is 5.97 Å². The van der Waals surface area contributed by atoms with Gasteiger partial charge in [-0.25, -0.2) is 0 Å². The van der Waals surface area contributed by atoms with Crippen molar-refractivity contribution in [3.8, 4) is 0 Å². The molecule has 10 fully saturated rings. The van der Waals surface area contributed by atoms with Gasteiger partial charge in [-0.15, -0.1) is 0 Å². The third-order valence-corrected chi connectivity index (χ3v) is 24.4. The third kappa shape index (κ3) is 12.4. The Morgan fingerprint density at radius 1 is 0.505 bits per heavy atom. The SMILES string of the molecule is C[C@@H]1O[C@@H](O[C@@H]2[C@@H](O)[C@H](O[C@@H]3[C@@H](O)[C@@H](O)[C@H](O[C@H]4[C@H](OC(=O)[C@]56CCC(C)(C)C[C@@H]5C5=CC[C@@H]7[C@@]8(C)C[C@H](O)[C@H](O[C@@H]9O[C@H](CO)[C@@H](O)[C@H](O)[C@H]9O)[C@@](C)(CO)[C@@H]8[C@H](O)C[C@@]7(C)[C@]5(C)C[C@H]6O)OC[C@H](O)[C@@H]4O)O[C@H]3C)OC[C@H]2O[C@@H]2OC[C@@H](O)[C@H](O)[C@H]2O)[C@H](O)[C@H](O)[C@H]1O. The van der Waals surface area contributed by atoms with Crippen LogP contribution in [0.3, 0.4) is 0 Å². The molecule has 95 heavy (non-hydrogen) atoms. The van der Waals surface area contributed by atoms with Crippen LogP contribution in [-0.2, 0) is 61.6 Å².